The lowest BCUT2D eigenvalue weighted by Crippen LogP contribution is -2.34. The first-order chi connectivity index (χ1) is 26.9. The highest BCUT2D eigenvalue weighted by Crippen LogP contribution is 2.51. The molecule has 0 fully saturated rings. The van der Waals surface area contributed by atoms with Gasteiger partial charge in [-0.2, -0.15) is 18.9 Å². The Morgan fingerprint density at radius 2 is 1.18 bits per heavy atom. The summed E-state index contributed by atoms with van der Waals surface area (Å²) < 4.78 is 39.0. The van der Waals surface area contributed by atoms with Crippen LogP contribution in [-0.2, 0) is 19.7 Å². The van der Waals surface area contributed by atoms with Crippen molar-refractivity contribution in [3.63, 3.8) is 0 Å². The average Bonchev–Trinajstić information content (AvgIpc) is 3.12. The number of halogens is 2. The van der Waals surface area contributed by atoms with Crippen LogP contribution in [0.4, 0.5) is 11.4 Å². The van der Waals surface area contributed by atoms with Crippen molar-refractivity contribution in [3.8, 4) is 12.1 Å². The molecule has 4 aliphatic rings. The molecular weight excluding hydrogens is 872 g/mol. The number of carbonyl (C=O) groups is 2. The second-order valence-electron chi connectivity index (χ2n) is 15.9. The molecule has 2 aromatic carbocycles. The molecule has 7 N–H and O–H groups in total. The van der Waals surface area contributed by atoms with Crippen LogP contribution in [0, 0.1) is 34.5 Å². The molecule has 2 aliphatic carbocycles. The smallest absolute Gasteiger partial charge is 0.272 e. The number of nitrogens with one attached hydrogen (secondary N) is 2. The summed E-state index contributed by atoms with van der Waals surface area (Å²) in [7, 11) is -4.86. The number of hydrogen-bond donors (Lipinski definition) is 5. The average molecular weight is 921 g/mol. The monoisotopic (exact) mass is 918 g/mol. The van der Waals surface area contributed by atoms with Gasteiger partial charge in [0, 0.05) is 61.6 Å². The molecule has 2 aliphatic heterocycles. The van der Waals surface area contributed by atoms with E-state index in [-0.39, 0.29) is 34.7 Å². The van der Waals surface area contributed by atoms with Crippen molar-refractivity contribution in [1.29, 1.82) is 10.5 Å². The lowest BCUT2D eigenvalue weighted by Gasteiger charge is -2.36. The Hall–Kier alpha value is -4.21. The normalized spacial score (nSPS) is 23.6. The number of nitrogens with zero attached hydrogens (tertiary/aromatic N) is 2. The maximum absolute atomic E-state index is 13.9. The van der Waals surface area contributed by atoms with E-state index < -0.39 is 33.1 Å². The number of nitrogens with two attached hydrogens (primary N) is 2. The van der Waals surface area contributed by atoms with Gasteiger partial charge in [-0.15, -0.1) is 0 Å². The van der Waals surface area contributed by atoms with E-state index in [2.05, 4.69) is 68.5 Å². The first-order valence-electron chi connectivity index (χ1n) is 19.4. The van der Waals surface area contributed by atoms with Crippen LogP contribution in [-0.4, -0.2) is 24.5 Å². The maximum Gasteiger partial charge on any atom is 0.272 e. The van der Waals surface area contributed by atoms with Crippen LogP contribution in [0.25, 0.3) is 0 Å². The van der Waals surface area contributed by atoms with Crippen LogP contribution in [0.5, 0.6) is 0 Å². The minimum Gasteiger partial charge on any atom is -0.398 e. The number of dihydropyridines is 2. The Balaban J connectivity index is 1.50. The standard InChI is InChI=1S/C43H48Br2N6O5S/c1-6-8-23-10-33-39(35(52)12-23)37(29(18-46)21(4)50-33)27-14-25(16-31(44)41(27)48)20(3)43(57(54,55)56)26-15-28(42(49)32(45)17-26)38-30(19-47)22(5)51-34-11-24(9-7-2)13-36(53)40(34)38/h14-17,20,23-24,37-38,43,50-51H,6-13,48-49H2,1-5H3,(H,54,55,56). The SMILES string of the molecule is CCCC1CC(=O)C2=C(C1)NC(C)=C(C#N)C2c1cc(C(C)C(c2cc(Br)c(N)c(C3C(C#N)=C(C)NC4=C3C(=O)CC(CCC)C4)c2)S(=O)(=O)O)cc(Br)c1N. The van der Waals surface area contributed by atoms with E-state index in [9.17, 15) is 33.1 Å². The van der Waals surface area contributed by atoms with Gasteiger partial charge in [-0.1, -0.05) is 45.7 Å². The van der Waals surface area contributed by atoms with Crippen LogP contribution < -0.4 is 22.1 Å². The summed E-state index contributed by atoms with van der Waals surface area (Å²) in [5.74, 6) is -2.42. The molecular formula is C43H48Br2N6O5S. The van der Waals surface area contributed by atoms with Gasteiger partial charge >= 0.3 is 0 Å². The summed E-state index contributed by atoms with van der Waals surface area (Å²) >= 11 is 7.11. The molecule has 14 heteroatoms. The maximum atomic E-state index is 13.9. The second kappa shape index (κ2) is 16.6. The van der Waals surface area contributed by atoms with Crippen molar-refractivity contribution in [2.75, 3.05) is 11.5 Å². The number of Topliss-reactive ketones (excluding diaryl/α,β-unsaturated/α-hetero) is 2. The highest BCUT2D eigenvalue weighted by molar-refractivity contribution is 9.11. The first-order valence-corrected chi connectivity index (χ1v) is 22.5. The molecule has 0 saturated carbocycles. The minimum atomic E-state index is -4.86. The lowest BCUT2D eigenvalue weighted by atomic mass is 9.71. The molecule has 300 valence electrons. The number of rotatable bonds is 10. The Labute approximate surface area is 351 Å². The second-order valence-corrected chi connectivity index (χ2v) is 19.2. The number of ketones is 2. The van der Waals surface area contributed by atoms with E-state index in [4.69, 9.17) is 11.5 Å². The molecule has 6 unspecified atom stereocenters. The van der Waals surface area contributed by atoms with Crippen LogP contribution in [0.3, 0.4) is 0 Å². The summed E-state index contributed by atoms with van der Waals surface area (Å²) in [4.78, 5) is 27.8. The van der Waals surface area contributed by atoms with Crippen LogP contribution in [0.1, 0.15) is 131 Å². The first kappa shape index (κ1) is 42.4. The predicted octanol–water partition coefficient (Wildman–Crippen LogP) is 9.14. The fourth-order valence-corrected chi connectivity index (χ4v) is 11.6. The number of nitriles is 2. The molecule has 57 heavy (non-hydrogen) atoms. The van der Waals surface area contributed by atoms with Gasteiger partial charge in [0.05, 0.1) is 46.5 Å². The summed E-state index contributed by atoms with van der Waals surface area (Å²) in [6, 6.07) is 11.1. The van der Waals surface area contributed by atoms with E-state index in [0.717, 1.165) is 37.1 Å². The highest BCUT2D eigenvalue weighted by atomic mass is 79.9. The lowest BCUT2D eigenvalue weighted by molar-refractivity contribution is -0.118. The van der Waals surface area contributed by atoms with Gasteiger partial charge in [-0.25, -0.2) is 0 Å². The van der Waals surface area contributed by atoms with Gasteiger partial charge in [0.1, 0.15) is 5.25 Å². The minimum absolute atomic E-state index is 0.0639. The fourth-order valence-electron chi connectivity index (χ4n) is 9.50. The molecule has 0 radical (unpaired) electrons. The van der Waals surface area contributed by atoms with E-state index in [1.807, 2.05) is 0 Å². The van der Waals surface area contributed by atoms with Gasteiger partial charge in [0.2, 0.25) is 0 Å². The Morgan fingerprint density at radius 3 is 1.56 bits per heavy atom. The molecule has 0 spiro atoms. The number of anilines is 2. The summed E-state index contributed by atoms with van der Waals surface area (Å²) in [5.41, 5.74) is 19.7. The van der Waals surface area contributed by atoms with Crippen molar-refractivity contribution in [1.82, 2.24) is 10.6 Å². The highest BCUT2D eigenvalue weighted by Gasteiger charge is 2.43. The van der Waals surface area contributed by atoms with Crippen LogP contribution in [0.2, 0.25) is 0 Å². The topological polar surface area (TPSA) is 212 Å². The summed E-state index contributed by atoms with van der Waals surface area (Å²) in [6.07, 6.45) is 5.59. The third-order valence-electron chi connectivity index (χ3n) is 12.1. The van der Waals surface area contributed by atoms with Gasteiger partial charge in [0.15, 0.2) is 11.6 Å². The van der Waals surface area contributed by atoms with Crippen molar-refractivity contribution in [2.24, 2.45) is 11.8 Å². The number of nitrogen functional groups attached to an aromatic ring is 2. The van der Waals surface area contributed by atoms with E-state index in [0.29, 0.717) is 90.7 Å². The van der Waals surface area contributed by atoms with E-state index in [1.165, 1.54) is 6.07 Å². The summed E-state index contributed by atoms with van der Waals surface area (Å²) in [6.45, 7) is 9.40. The molecule has 0 amide bonds. The van der Waals surface area contributed by atoms with Crippen molar-refractivity contribution >= 4 is 64.9 Å². The Kier molecular flexibility index (Phi) is 12.3. The van der Waals surface area contributed by atoms with Gasteiger partial charge < -0.3 is 22.1 Å². The predicted molar refractivity (Wildman–Crippen MR) is 228 cm³/mol. The summed E-state index contributed by atoms with van der Waals surface area (Å²) in [5, 5.41) is 26.0. The zero-order valence-corrected chi connectivity index (χ0v) is 36.7. The molecule has 2 heterocycles. The van der Waals surface area contributed by atoms with E-state index >= 15 is 0 Å². The van der Waals surface area contributed by atoms with Gasteiger partial charge in [0.25, 0.3) is 10.1 Å². The molecule has 0 saturated heterocycles. The third kappa shape index (κ3) is 7.86. The quantitative estimate of drug-likeness (QED) is 0.112. The van der Waals surface area contributed by atoms with Gasteiger partial charge in [-0.3, -0.25) is 14.1 Å². The van der Waals surface area contributed by atoms with E-state index in [1.54, 1.807) is 39.0 Å². The molecule has 2 aromatic rings. The zero-order chi connectivity index (χ0) is 41.7. The van der Waals surface area contributed by atoms with Crippen molar-refractivity contribution in [2.45, 2.75) is 109 Å². The molecule has 0 bridgehead atoms. The zero-order valence-electron chi connectivity index (χ0n) is 32.7. The fraction of sp³-hybridized carbons (Fsp3) is 0.442. The number of hydrogen-bond acceptors (Lipinski definition) is 10. The number of allylic oxidation sites excluding steroid dienone is 8. The van der Waals surface area contributed by atoms with Crippen LogP contribution >= 0.6 is 31.9 Å². The largest absolute Gasteiger partial charge is 0.398 e. The Morgan fingerprint density at radius 1 is 0.772 bits per heavy atom. The molecule has 0 aromatic heterocycles. The number of benzene rings is 2. The van der Waals surface area contributed by atoms with Gasteiger partial charge in [-0.05, 0) is 118 Å². The van der Waals surface area contributed by atoms with Crippen molar-refractivity contribution in [3.05, 3.63) is 101 Å². The number of carbonyl (C=O) groups excluding carboxylic acids is 2. The van der Waals surface area contributed by atoms with Crippen molar-refractivity contribution < 1.29 is 22.6 Å². The molecule has 6 rings (SSSR count). The molecule has 6 atom stereocenters. The molecule has 11 nitrogen and oxygen atoms in total. The van der Waals surface area contributed by atoms with Crippen LogP contribution in [0.15, 0.2) is 78.3 Å². The third-order valence-corrected chi connectivity index (χ3v) is 14.7. The Bertz CT molecular complexity index is 2400.